The van der Waals surface area contributed by atoms with Crippen molar-refractivity contribution < 1.29 is 24.2 Å². The molecule has 0 aliphatic rings. The Hall–Kier alpha value is -4.06. The van der Waals surface area contributed by atoms with E-state index < -0.39 is 5.97 Å². The van der Waals surface area contributed by atoms with Gasteiger partial charge in [0.15, 0.2) is 5.43 Å². The molecule has 0 spiro atoms. The summed E-state index contributed by atoms with van der Waals surface area (Å²) in [4.78, 5) is 23.2. The lowest BCUT2D eigenvalue weighted by molar-refractivity contribution is 0.0697. The van der Waals surface area contributed by atoms with Crippen LogP contribution in [0.4, 0.5) is 0 Å². The Bertz CT molecular complexity index is 1220. The summed E-state index contributed by atoms with van der Waals surface area (Å²) in [6, 6.07) is 18.8. The second-order valence-electron chi connectivity index (χ2n) is 6.11. The molecule has 0 saturated heterocycles. The third-order valence-electron chi connectivity index (χ3n) is 4.19. The zero-order chi connectivity index (χ0) is 19.7. The number of fused-ring (bicyclic) bond motifs is 1. The molecule has 0 radical (unpaired) electrons. The average Bonchev–Trinajstić information content (AvgIpc) is 2.69. The van der Waals surface area contributed by atoms with Gasteiger partial charge in [-0.05, 0) is 66.7 Å². The van der Waals surface area contributed by atoms with E-state index in [1.165, 1.54) is 30.3 Å². The fourth-order valence-electron chi connectivity index (χ4n) is 2.78. The van der Waals surface area contributed by atoms with Crippen molar-refractivity contribution in [3.63, 3.8) is 0 Å². The van der Waals surface area contributed by atoms with Crippen LogP contribution in [0, 0.1) is 0 Å². The van der Waals surface area contributed by atoms with Crippen LogP contribution in [0.25, 0.3) is 22.3 Å². The van der Waals surface area contributed by atoms with Crippen molar-refractivity contribution >= 4 is 16.9 Å². The fourth-order valence-corrected chi connectivity index (χ4v) is 2.78. The number of ether oxygens (including phenoxy) is 1. The molecule has 6 heteroatoms. The first-order chi connectivity index (χ1) is 13.5. The summed E-state index contributed by atoms with van der Waals surface area (Å²) in [5.41, 5.74) is 1.02. The van der Waals surface area contributed by atoms with Gasteiger partial charge in [-0.1, -0.05) is 0 Å². The van der Waals surface area contributed by atoms with Gasteiger partial charge < -0.3 is 19.4 Å². The summed E-state index contributed by atoms with van der Waals surface area (Å²) in [6.45, 7) is 0. The molecule has 1 aromatic heterocycles. The van der Waals surface area contributed by atoms with E-state index in [1.807, 2.05) is 0 Å². The summed E-state index contributed by atoms with van der Waals surface area (Å²) in [5, 5.41) is 18.7. The highest BCUT2D eigenvalue weighted by Gasteiger charge is 2.09. The standard InChI is InChI=1S/C22H14O6/c23-15-5-10-20-18(11-15)19(24)12-21(28-20)13-1-6-16(7-2-13)27-17-8-3-14(4-9-17)22(25)26/h1-12,23H,(H,25,26). The van der Waals surface area contributed by atoms with E-state index in [2.05, 4.69) is 0 Å². The lowest BCUT2D eigenvalue weighted by Gasteiger charge is -2.07. The number of hydrogen-bond donors (Lipinski definition) is 2. The first-order valence-electron chi connectivity index (χ1n) is 8.38. The number of carboxylic acids is 1. The minimum absolute atomic E-state index is 0.00504. The Labute approximate surface area is 158 Å². The minimum Gasteiger partial charge on any atom is -0.508 e. The summed E-state index contributed by atoms with van der Waals surface area (Å²) in [7, 11) is 0. The number of benzene rings is 3. The third-order valence-corrected chi connectivity index (χ3v) is 4.19. The first kappa shape index (κ1) is 17.4. The average molecular weight is 374 g/mol. The molecule has 0 aliphatic carbocycles. The fraction of sp³-hybridized carbons (Fsp3) is 0. The number of carboxylic acid groups (broad SMARTS) is 1. The molecule has 0 atom stereocenters. The van der Waals surface area contributed by atoms with Crippen molar-refractivity contribution in [2.24, 2.45) is 0 Å². The smallest absolute Gasteiger partial charge is 0.335 e. The van der Waals surface area contributed by atoms with E-state index in [4.69, 9.17) is 14.3 Å². The molecule has 3 aromatic carbocycles. The number of aromatic hydroxyl groups is 1. The van der Waals surface area contributed by atoms with Gasteiger partial charge in [-0.15, -0.1) is 0 Å². The van der Waals surface area contributed by atoms with Crippen LogP contribution in [-0.2, 0) is 0 Å². The second kappa shape index (κ2) is 6.92. The van der Waals surface area contributed by atoms with Crippen molar-refractivity contribution in [3.05, 3.63) is 88.6 Å². The quantitative estimate of drug-likeness (QED) is 0.539. The number of phenolic OH excluding ortho intramolecular Hbond substituents is 1. The van der Waals surface area contributed by atoms with Crippen molar-refractivity contribution in [2.75, 3.05) is 0 Å². The van der Waals surface area contributed by atoms with Crippen LogP contribution in [0.5, 0.6) is 17.2 Å². The third kappa shape index (κ3) is 3.43. The van der Waals surface area contributed by atoms with E-state index in [-0.39, 0.29) is 16.7 Å². The molecule has 1 heterocycles. The van der Waals surface area contributed by atoms with Gasteiger partial charge in [-0.25, -0.2) is 4.79 Å². The highest BCUT2D eigenvalue weighted by molar-refractivity contribution is 5.87. The van der Waals surface area contributed by atoms with Gasteiger partial charge in [0.05, 0.1) is 10.9 Å². The van der Waals surface area contributed by atoms with Crippen molar-refractivity contribution in [3.8, 4) is 28.6 Å². The maximum atomic E-state index is 12.3. The summed E-state index contributed by atoms with van der Waals surface area (Å²) < 4.78 is 11.5. The lowest BCUT2D eigenvalue weighted by Crippen LogP contribution is -2.00. The number of phenols is 1. The van der Waals surface area contributed by atoms with Crippen LogP contribution in [0.1, 0.15) is 10.4 Å². The summed E-state index contributed by atoms with van der Waals surface area (Å²) in [6.07, 6.45) is 0. The molecule has 4 aromatic rings. The molecule has 138 valence electrons. The Morgan fingerprint density at radius 2 is 1.50 bits per heavy atom. The van der Waals surface area contributed by atoms with Gasteiger partial charge in [0.1, 0.15) is 28.6 Å². The number of rotatable bonds is 4. The Morgan fingerprint density at radius 1 is 0.857 bits per heavy atom. The SMILES string of the molecule is O=C(O)c1ccc(Oc2ccc(-c3cc(=O)c4cc(O)ccc4o3)cc2)cc1. The van der Waals surface area contributed by atoms with Crippen LogP contribution in [0.3, 0.4) is 0 Å². The van der Waals surface area contributed by atoms with E-state index >= 15 is 0 Å². The minimum atomic E-state index is -0.997. The first-order valence-corrected chi connectivity index (χ1v) is 8.38. The van der Waals surface area contributed by atoms with Crippen LogP contribution in [0.15, 0.2) is 82.0 Å². The summed E-state index contributed by atoms with van der Waals surface area (Å²) >= 11 is 0. The highest BCUT2D eigenvalue weighted by atomic mass is 16.5. The zero-order valence-corrected chi connectivity index (χ0v) is 14.5. The van der Waals surface area contributed by atoms with Crippen molar-refractivity contribution in [2.45, 2.75) is 0 Å². The van der Waals surface area contributed by atoms with E-state index in [1.54, 1.807) is 42.5 Å². The van der Waals surface area contributed by atoms with Crippen LogP contribution >= 0.6 is 0 Å². The summed E-state index contributed by atoms with van der Waals surface area (Å²) in [5.74, 6) is 0.476. The number of carbonyl (C=O) groups is 1. The molecular weight excluding hydrogens is 360 g/mol. The van der Waals surface area contributed by atoms with E-state index in [9.17, 15) is 14.7 Å². The van der Waals surface area contributed by atoms with Crippen LogP contribution < -0.4 is 10.2 Å². The van der Waals surface area contributed by atoms with Crippen LogP contribution in [-0.4, -0.2) is 16.2 Å². The van der Waals surface area contributed by atoms with Gasteiger partial charge in [0.2, 0.25) is 0 Å². The zero-order valence-electron chi connectivity index (χ0n) is 14.5. The largest absolute Gasteiger partial charge is 0.508 e. The van der Waals surface area contributed by atoms with Gasteiger partial charge >= 0.3 is 5.97 Å². The molecule has 0 fully saturated rings. The Morgan fingerprint density at radius 3 is 2.14 bits per heavy atom. The number of hydrogen-bond acceptors (Lipinski definition) is 5. The molecule has 2 N–H and O–H groups in total. The number of aromatic carboxylic acids is 1. The van der Waals surface area contributed by atoms with E-state index in [0.717, 1.165) is 0 Å². The molecule has 0 aliphatic heterocycles. The van der Waals surface area contributed by atoms with Crippen LogP contribution in [0.2, 0.25) is 0 Å². The highest BCUT2D eigenvalue weighted by Crippen LogP contribution is 2.28. The van der Waals surface area contributed by atoms with E-state index in [0.29, 0.717) is 33.8 Å². The Balaban J connectivity index is 1.59. The predicted octanol–water partition coefficient (Wildman–Crippen LogP) is 4.66. The van der Waals surface area contributed by atoms with Gasteiger partial charge in [0.25, 0.3) is 0 Å². The lowest BCUT2D eigenvalue weighted by atomic mass is 10.1. The second-order valence-corrected chi connectivity index (χ2v) is 6.11. The molecule has 0 unspecified atom stereocenters. The molecule has 0 saturated carbocycles. The monoisotopic (exact) mass is 374 g/mol. The van der Waals surface area contributed by atoms with Gasteiger partial charge in [-0.3, -0.25) is 4.79 Å². The molecule has 4 rings (SSSR count). The van der Waals surface area contributed by atoms with Gasteiger partial charge in [0, 0.05) is 11.6 Å². The normalized spacial score (nSPS) is 10.7. The van der Waals surface area contributed by atoms with Crippen molar-refractivity contribution in [1.82, 2.24) is 0 Å². The maximum Gasteiger partial charge on any atom is 0.335 e. The Kier molecular flexibility index (Phi) is 4.29. The van der Waals surface area contributed by atoms with Gasteiger partial charge in [-0.2, -0.15) is 0 Å². The predicted molar refractivity (Wildman–Crippen MR) is 103 cm³/mol. The molecule has 28 heavy (non-hydrogen) atoms. The molecule has 6 nitrogen and oxygen atoms in total. The van der Waals surface area contributed by atoms with Crippen molar-refractivity contribution in [1.29, 1.82) is 0 Å². The molecule has 0 bridgehead atoms. The maximum absolute atomic E-state index is 12.3. The molecule has 0 amide bonds. The topological polar surface area (TPSA) is 97.0 Å². The molecular formula is C22H14O6.